The van der Waals surface area contributed by atoms with E-state index in [0.717, 1.165) is 25.9 Å². The van der Waals surface area contributed by atoms with Gasteiger partial charge in [0, 0.05) is 19.0 Å². The lowest BCUT2D eigenvalue weighted by Crippen LogP contribution is -2.49. The largest absolute Gasteiger partial charge is 0.485 e. The van der Waals surface area contributed by atoms with Crippen LogP contribution < -0.4 is 9.47 Å². The van der Waals surface area contributed by atoms with Gasteiger partial charge in [0.2, 0.25) is 6.10 Å². The standard InChI is InChI=1S/C20H21NO3/c22-20(19-14-23-17-10-4-5-11-18(17)24-19)21-12-6-9-16(13-21)15-7-2-1-3-8-15/h1-5,7-8,10-11,16,19H,6,9,12-14H2/t16-,19-/m0/s1. The number of amides is 1. The van der Waals surface area contributed by atoms with Crippen LogP contribution in [0.1, 0.15) is 24.3 Å². The molecule has 4 heteroatoms. The number of carbonyl (C=O) groups is 1. The molecule has 2 aliphatic rings. The molecular formula is C20H21NO3. The number of nitrogens with zero attached hydrogens (tertiary/aromatic N) is 1. The molecule has 0 radical (unpaired) electrons. The van der Waals surface area contributed by atoms with Gasteiger partial charge in [0.25, 0.3) is 5.91 Å². The number of rotatable bonds is 2. The van der Waals surface area contributed by atoms with Crippen molar-refractivity contribution in [3.8, 4) is 11.5 Å². The molecule has 0 saturated carbocycles. The van der Waals surface area contributed by atoms with Gasteiger partial charge in [0.15, 0.2) is 11.5 Å². The first-order chi connectivity index (χ1) is 11.8. The summed E-state index contributed by atoms with van der Waals surface area (Å²) >= 11 is 0. The smallest absolute Gasteiger partial charge is 0.267 e. The fourth-order valence-electron chi connectivity index (χ4n) is 3.52. The third-order valence-electron chi connectivity index (χ3n) is 4.79. The number of piperidine rings is 1. The van der Waals surface area contributed by atoms with Crippen molar-refractivity contribution in [1.29, 1.82) is 0 Å². The summed E-state index contributed by atoms with van der Waals surface area (Å²) in [5, 5.41) is 0. The van der Waals surface area contributed by atoms with Crippen LogP contribution in [0.15, 0.2) is 54.6 Å². The van der Waals surface area contributed by atoms with Gasteiger partial charge < -0.3 is 14.4 Å². The molecule has 124 valence electrons. The number of hydrogen-bond acceptors (Lipinski definition) is 3. The number of fused-ring (bicyclic) bond motifs is 1. The molecule has 2 atom stereocenters. The first-order valence-corrected chi connectivity index (χ1v) is 8.53. The number of benzene rings is 2. The van der Waals surface area contributed by atoms with E-state index in [1.807, 2.05) is 35.2 Å². The Hall–Kier alpha value is -2.49. The second kappa shape index (κ2) is 6.56. The average Bonchev–Trinajstić information content (AvgIpc) is 2.68. The maximum Gasteiger partial charge on any atom is 0.267 e. The van der Waals surface area contributed by atoms with E-state index in [4.69, 9.17) is 9.47 Å². The van der Waals surface area contributed by atoms with Crippen LogP contribution in [-0.2, 0) is 4.79 Å². The molecular weight excluding hydrogens is 302 g/mol. The molecule has 0 aliphatic carbocycles. The first-order valence-electron chi connectivity index (χ1n) is 8.53. The molecule has 0 aromatic heterocycles. The van der Waals surface area contributed by atoms with Gasteiger partial charge in [-0.1, -0.05) is 42.5 Å². The molecule has 2 aliphatic heterocycles. The van der Waals surface area contributed by atoms with E-state index in [1.165, 1.54) is 5.56 Å². The number of carbonyl (C=O) groups excluding carboxylic acids is 1. The minimum Gasteiger partial charge on any atom is -0.485 e. The van der Waals surface area contributed by atoms with Gasteiger partial charge in [0.1, 0.15) is 6.61 Å². The van der Waals surface area contributed by atoms with Crippen LogP contribution in [-0.4, -0.2) is 36.6 Å². The Bertz CT molecular complexity index is 716. The lowest BCUT2D eigenvalue weighted by atomic mass is 9.90. The Balaban J connectivity index is 1.45. The number of hydrogen-bond donors (Lipinski definition) is 0. The fraction of sp³-hybridized carbons (Fsp3) is 0.350. The van der Waals surface area contributed by atoms with Gasteiger partial charge >= 0.3 is 0 Å². The van der Waals surface area contributed by atoms with Gasteiger partial charge in [-0.2, -0.15) is 0 Å². The Labute approximate surface area is 142 Å². The molecule has 4 nitrogen and oxygen atoms in total. The van der Waals surface area contributed by atoms with Crippen LogP contribution >= 0.6 is 0 Å². The summed E-state index contributed by atoms with van der Waals surface area (Å²) in [6.45, 7) is 1.83. The van der Waals surface area contributed by atoms with Gasteiger partial charge in [-0.05, 0) is 30.5 Å². The Kier molecular flexibility index (Phi) is 4.11. The van der Waals surface area contributed by atoms with Crippen molar-refractivity contribution in [2.24, 2.45) is 0 Å². The maximum absolute atomic E-state index is 12.9. The van der Waals surface area contributed by atoms with E-state index in [-0.39, 0.29) is 12.5 Å². The molecule has 2 aromatic rings. The van der Waals surface area contributed by atoms with Gasteiger partial charge in [0.05, 0.1) is 0 Å². The predicted octanol–water partition coefficient (Wildman–Crippen LogP) is 3.23. The van der Waals surface area contributed by atoms with Crippen molar-refractivity contribution in [1.82, 2.24) is 4.90 Å². The molecule has 0 bridgehead atoms. The summed E-state index contributed by atoms with van der Waals surface area (Å²) in [6.07, 6.45) is 1.60. The molecule has 1 saturated heterocycles. The Morgan fingerprint density at radius 2 is 1.75 bits per heavy atom. The third kappa shape index (κ3) is 2.96. The lowest BCUT2D eigenvalue weighted by molar-refractivity contribution is -0.142. The van der Waals surface area contributed by atoms with E-state index in [0.29, 0.717) is 17.4 Å². The second-order valence-electron chi connectivity index (χ2n) is 6.40. The van der Waals surface area contributed by atoms with Gasteiger partial charge in [-0.25, -0.2) is 0 Å². The minimum absolute atomic E-state index is 0.0325. The van der Waals surface area contributed by atoms with Crippen molar-refractivity contribution < 1.29 is 14.3 Å². The van der Waals surface area contributed by atoms with E-state index < -0.39 is 6.10 Å². The molecule has 2 heterocycles. The fourth-order valence-corrected chi connectivity index (χ4v) is 3.52. The summed E-state index contributed by atoms with van der Waals surface area (Å²) in [5.41, 5.74) is 1.31. The number of likely N-dealkylation sites (tertiary alicyclic amines) is 1. The zero-order chi connectivity index (χ0) is 16.4. The molecule has 0 N–H and O–H groups in total. The highest BCUT2D eigenvalue weighted by molar-refractivity contribution is 5.82. The van der Waals surface area contributed by atoms with E-state index in [9.17, 15) is 4.79 Å². The summed E-state index contributed by atoms with van der Waals surface area (Å²) in [5.74, 6) is 1.80. The summed E-state index contributed by atoms with van der Waals surface area (Å²) in [4.78, 5) is 14.8. The predicted molar refractivity (Wildman–Crippen MR) is 91.4 cm³/mol. The number of para-hydroxylation sites is 2. The first kappa shape index (κ1) is 15.1. The van der Waals surface area contributed by atoms with Gasteiger partial charge in [-0.3, -0.25) is 4.79 Å². The SMILES string of the molecule is O=C([C@@H]1COc2ccccc2O1)N1CCC[C@H](c2ccccc2)C1. The Morgan fingerprint density at radius 3 is 2.58 bits per heavy atom. The van der Waals surface area contributed by atoms with E-state index in [2.05, 4.69) is 24.3 Å². The van der Waals surface area contributed by atoms with Crippen LogP contribution in [0.5, 0.6) is 11.5 Å². The second-order valence-corrected chi connectivity index (χ2v) is 6.40. The normalized spacial score (nSPS) is 22.9. The summed E-state index contributed by atoms with van der Waals surface area (Å²) in [6, 6.07) is 17.9. The van der Waals surface area contributed by atoms with Crippen molar-refractivity contribution >= 4 is 5.91 Å². The van der Waals surface area contributed by atoms with Crippen molar-refractivity contribution in [2.45, 2.75) is 24.9 Å². The van der Waals surface area contributed by atoms with Crippen molar-refractivity contribution in [2.75, 3.05) is 19.7 Å². The summed E-state index contributed by atoms with van der Waals surface area (Å²) < 4.78 is 11.6. The lowest BCUT2D eigenvalue weighted by Gasteiger charge is -2.36. The summed E-state index contributed by atoms with van der Waals surface area (Å²) in [7, 11) is 0. The zero-order valence-corrected chi connectivity index (χ0v) is 13.6. The van der Waals surface area contributed by atoms with Crippen molar-refractivity contribution in [3.05, 3.63) is 60.2 Å². The van der Waals surface area contributed by atoms with Crippen LogP contribution in [0.2, 0.25) is 0 Å². The zero-order valence-electron chi connectivity index (χ0n) is 13.6. The van der Waals surface area contributed by atoms with E-state index in [1.54, 1.807) is 0 Å². The molecule has 24 heavy (non-hydrogen) atoms. The minimum atomic E-state index is -0.547. The van der Waals surface area contributed by atoms with Gasteiger partial charge in [-0.15, -0.1) is 0 Å². The molecule has 4 rings (SSSR count). The van der Waals surface area contributed by atoms with Crippen molar-refractivity contribution in [3.63, 3.8) is 0 Å². The quantitative estimate of drug-likeness (QED) is 0.852. The topological polar surface area (TPSA) is 38.8 Å². The monoisotopic (exact) mass is 323 g/mol. The van der Waals surface area contributed by atoms with Crippen LogP contribution in [0.3, 0.4) is 0 Å². The van der Waals surface area contributed by atoms with E-state index >= 15 is 0 Å². The highest BCUT2D eigenvalue weighted by atomic mass is 16.6. The van der Waals surface area contributed by atoms with Crippen LogP contribution in [0.25, 0.3) is 0 Å². The highest BCUT2D eigenvalue weighted by Gasteiger charge is 2.33. The average molecular weight is 323 g/mol. The van der Waals surface area contributed by atoms with Crippen LogP contribution in [0.4, 0.5) is 0 Å². The molecule has 0 unspecified atom stereocenters. The maximum atomic E-state index is 12.9. The Morgan fingerprint density at radius 1 is 1.00 bits per heavy atom. The molecule has 2 aromatic carbocycles. The third-order valence-corrected chi connectivity index (χ3v) is 4.79. The molecule has 0 spiro atoms. The highest BCUT2D eigenvalue weighted by Crippen LogP contribution is 2.32. The number of ether oxygens (including phenoxy) is 2. The molecule has 1 fully saturated rings. The molecule has 1 amide bonds. The van der Waals surface area contributed by atoms with Crippen LogP contribution in [0, 0.1) is 0 Å².